The Kier molecular flexibility index (Phi) is 4.65. The van der Waals surface area contributed by atoms with E-state index >= 15 is 0 Å². The van der Waals surface area contributed by atoms with Crippen LogP contribution in [0.25, 0.3) is 0 Å². The number of carbonyl (C=O) groups is 1. The highest BCUT2D eigenvalue weighted by atomic mass is 35.5. The highest BCUT2D eigenvalue weighted by Crippen LogP contribution is 2.51. The van der Waals surface area contributed by atoms with Crippen molar-refractivity contribution in [2.75, 3.05) is 12.0 Å². The first kappa shape index (κ1) is 17.3. The van der Waals surface area contributed by atoms with Gasteiger partial charge in [0.25, 0.3) is 0 Å². The lowest BCUT2D eigenvalue weighted by atomic mass is 10.3. The second-order valence-electron chi connectivity index (χ2n) is 5.84. The van der Waals surface area contributed by atoms with E-state index in [1.807, 2.05) is 32.0 Å². The number of nitrogens with zero attached hydrogens (tertiary/aromatic N) is 2. The second-order valence-corrected chi connectivity index (χ2v) is 10.0. The van der Waals surface area contributed by atoms with Crippen LogP contribution in [0.5, 0.6) is 0 Å². The van der Waals surface area contributed by atoms with E-state index in [2.05, 4.69) is 10.3 Å². The molecule has 0 aliphatic carbocycles. The topological polar surface area (TPSA) is 62.3 Å². The number of hydrogen-bond donors (Lipinski definition) is 1. The van der Waals surface area contributed by atoms with Gasteiger partial charge in [-0.25, -0.2) is 9.78 Å². The fourth-order valence-corrected chi connectivity index (χ4v) is 6.17. The van der Waals surface area contributed by atoms with Gasteiger partial charge in [0.1, 0.15) is 5.03 Å². The van der Waals surface area contributed by atoms with Crippen molar-refractivity contribution >= 4 is 47.7 Å². The molecular formula is C16H17ClN3O2PS. The Balaban J connectivity index is 1.98. The van der Waals surface area contributed by atoms with Crippen LogP contribution in [0.2, 0.25) is 5.02 Å². The van der Waals surface area contributed by atoms with Crippen molar-refractivity contribution in [2.45, 2.75) is 29.8 Å². The number of benzene rings is 1. The lowest BCUT2D eigenvalue weighted by molar-refractivity contribution is 0.229. The molecule has 126 valence electrons. The highest BCUT2D eigenvalue weighted by molar-refractivity contribution is 7.99. The van der Waals surface area contributed by atoms with E-state index < -0.39 is 7.29 Å². The van der Waals surface area contributed by atoms with Gasteiger partial charge >= 0.3 is 6.03 Å². The molecule has 1 N–H and O–H groups in total. The summed E-state index contributed by atoms with van der Waals surface area (Å²) >= 11 is 7.31. The molecule has 0 radical (unpaired) electrons. The quantitative estimate of drug-likeness (QED) is 0.784. The average Bonchev–Trinajstić information content (AvgIpc) is 2.49. The fraction of sp³-hybridized carbons (Fsp3) is 0.250. The number of pyridine rings is 1. The number of carbonyl (C=O) groups excluding carboxylic acids is 1. The van der Waals surface area contributed by atoms with Crippen molar-refractivity contribution in [1.29, 1.82) is 0 Å². The number of amides is 2. The molecule has 0 bridgehead atoms. The molecule has 2 amide bonds. The Labute approximate surface area is 150 Å². The summed E-state index contributed by atoms with van der Waals surface area (Å²) in [5, 5.41) is 4.86. The molecule has 1 aliphatic heterocycles. The lowest BCUT2D eigenvalue weighted by Crippen LogP contribution is -2.44. The van der Waals surface area contributed by atoms with E-state index in [1.54, 1.807) is 25.0 Å². The van der Waals surface area contributed by atoms with E-state index in [0.717, 1.165) is 9.92 Å². The molecule has 8 heteroatoms. The zero-order chi connectivity index (χ0) is 17.5. The van der Waals surface area contributed by atoms with Crippen molar-refractivity contribution in [2.24, 2.45) is 0 Å². The predicted molar refractivity (Wildman–Crippen MR) is 99.0 cm³/mol. The van der Waals surface area contributed by atoms with Gasteiger partial charge in [-0.2, -0.15) is 0 Å². The fourth-order valence-electron chi connectivity index (χ4n) is 2.70. The third-order valence-corrected chi connectivity index (χ3v) is 7.58. The van der Waals surface area contributed by atoms with Crippen LogP contribution in [0.15, 0.2) is 46.5 Å². The minimum atomic E-state index is -2.97. The van der Waals surface area contributed by atoms with Crippen LogP contribution in [0.4, 0.5) is 10.5 Å². The van der Waals surface area contributed by atoms with Crippen LogP contribution < -0.4 is 10.6 Å². The van der Waals surface area contributed by atoms with Gasteiger partial charge < -0.3 is 5.32 Å². The third-order valence-electron chi connectivity index (χ3n) is 3.69. The Hall–Kier alpha value is -1.49. The molecule has 1 aliphatic rings. The van der Waals surface area contributed by atoms with Crippen molar-refractivity contribution in [3.63, 3.8) is 0 Å². The Morgan fingerprint density at radius 3 is 2.67 bits per heavy atom. The Morgan fingerprint density at radius 2 is 2.04 bits per heavy atom. The van der Waals surface area contributed by atoms with Gasteiger partial charge in [0, 0.05) is 23.8 Å². The van der Waals surface area contributed by atoms with Crippen LogP contribution in [0, 0.1) is 0 Å². The summed E-state index contributed by atoms with van der Waals surface area (Å²) in [6.07, 6.45) is 1.59. The molecule has 2 heterocycles. The number of anilines is 1. The summed E-state index contributed by atoms with van der Waals surface area (Å²) in [6.45, 7) is 5.35. The van der Waals surface area contributed by atoms with Crippen molar-refractivity contribution < 1.29 is 9.36 Å². The monoisotopic (exact) mass is 381 g/mol. The van der Waals surface area contributed by atoms with Crippen molar-refractivity contribution in [3.8, 4) is 0 Å². The molecule has 2 aromatic rings. The molecule has 0 saturated carbocycles. The molecule has 0 saturated heterocycles. The molecular weight excluding hydrogens is 365 g/mol. The highest BCUT2D eigenvalue weighted by Gasteiger charge is 2.40. The van der Waals surface area contributed by atoms with E-state index in [-0.39, 0.29) is 12.1 Å². The molecule has 1 unspecified atom stereocenters. The van der Waals surface area contributed by atoms with Crippen LogP contribution in [-0.2, 0) is 4.57 Å². The minimum absolute atomic E-state index is 0.150. The SMILES string of the molecule is CC(C)N1C(=O)Nc2ccc(Sc3ccc(Cl)cn3)cc2P1(C)=O. The van der Waals surface area contributed by atoms with E-state index in [1.165, 1.54) is 16.4 Å². The number of urea groups is 1. The maximum atomic E-state index is 13.3. The number of fused-ring (bicyclic) bond motifs is 1. The lowest BCUT2D eigenvalue weighted by Gasteiger charge is -2.37. The third kappa shape index (κ3) is 3.18. The second kappa shape index (κ2) is 6.43. The summed E-state index contributed by atoms with van der Waals surface area (Å²) in [5.41, 5.74) is 0.608. The van der Waals surface area contributed by atoms with Gasteiger partial charge in [0.05, 0.1) is 16.0 Å². The van der Waals surface area contributed by atoms with E-state index in [9.17, 15) is 9.36 Å². The first-order valence-electron chi connectivity index (χ1n) is 7.41. The standard InChI is InChI=1S/C16H17ClN3O2PS/c1-10(2)20-16(21)19-13-6-5-12(8-14(13)23(20,3)22)24-15-7-4-11(17)9-18-15/h4-10H,1-3H3,(H,19,21). The first-order valence-corrected chi connectivity index (χ1v) is 10.7. The number of aromatic nitrogens is 1. The largest absolute Gasteiger partial charge is 0.327 e. The summed E-state index contributed by atoms with van der Waals surface area (Å²) < 4.78 is 14.7. The summed E-state index contributed by atoms with van der Waals surface area (Å²) in [7, 11) is -2.97. The van der Waals surface area contributed by atoms with Gasteiger partial charge in [-0.3, -0.25) is 9.24 Å². The molecule has 5 nitrogen and oxygen atoms in total. The van der Waals surface area contributed by atoms with Crippen LogP contribution in [0.1, 0.15) is 13.8 Å². The Morgan fingerprint density at radius 1 is 1.29 bits per heavy atom. The van der Waals surface area contributed by atoms with Crippen LogP contribution in [0.3, 0.4) is 0 Å². The van der Waals surface area contributed by atoms with Gasteiger partial charge in [-0.1, -0.05) is 23.4 Å². The molecule has 0 spiro atoms. The summed E-state index contributed by atoms with van der Waals surface area (Å²) in [5.74, 6) is 0. The first-order chi connectivity index (χ1) is 11.3. The minimum Gasteiger partial charge on any atom is -0.307 e. The maximum absolute atomic E-state index is 13.3. The number of nitrogens with one attached hydrogen (secondary N) is 1. The molecule has 3 rings (SSSR count). The Bertz CT molecular complexity index is 842. The van der Waals surface area contributed by atoms with Gasteiger partial charge in [-0.15, -0.1) is 0 Å². The summed E-state index contributed by atoms with van der Waals surface area (Å²) in [6, 6.07) is 8.68. The van der Waals surface area contributed by atoms with Gasteiger partial charge in [-0.05, 0) is 44.2 Å². The molecule has 24 heavy (non-hydrogen) atoms. The van der Waals surface area contributed by atoms with E-state index in [0.29, 0.717) is 16.0 Å². The number of hydrogen-bond acceptors (Lipinski definition) is 4. The molecule has 1 aromatic carbocycles. The van der Waals surface area contributed by atoms with Crippen molar-refractivity contribution in [1.82, 2.24) is 9.65 Å². The smallest absolute Gasteiger partial charge is 0.307 e. The molecule has 1 aromatic heterocycles. The normalized spacial score (nSPS) is 20.0. The zero-order valence-corrected chi connectivity index (χ0v) is 16.0. The maximum Gasteiger partial charge on any atom is 0.327 e. The molecule has 0 fully saturated rings. The number of halogens is 1. The summed E-state index contributed by atoms with van der Waals surface area (Å²) in [4.78, 5) is 17.4. The number of rotatable bonds is 3. The van der Waals surface area contributed by atoms with Crippen molar-refractivity contribution in [3.05, 3.63) is 41.6 Å². The molecule has 1 atom stereocenters. The average molecular weight is 382 g/mol. The van der Waals surface area contributed by atoms with E-state index in [4.69, 9.17) is 11.6 Å². The van der Waals surface area contributed by atoms with Gasteiger partial charge in [0.15, 0.2) is 0 Å². The van der Waals surface area contributed by atoms with Crippen LogP contribution >= 0.6 is 30.7 Å². The zero-order valence-electron chi connectivity index (χ0n) is 13.5. The predicted octanol–water partition coefficient (Wildman–Crippen LogP) is 4.68. The van der Waals surface area contributed by atoms with Gasteiger partial charge in [0.2, 0.25) is 7.29 Å². The van der Waals surface area contributed by atoms with Crippen LogP contribution in [-0.4, -0.2) is 28.4 Å².